The van der Waals surface area contributed by atoms with Crippen molar-refractivity contribution in [2.45, 2.75) is 18.5 Å². The number of carbonyl (C=O) groups excluding carboxylic acids is 1. The van der Waals surface area contributed by atoms with Gasteiger partial charge in [0, 0.05) is 5.56 Å². The van der Waals surface area contributed by atoms with E-state index in [1.807, 2.05) is 0 Å². The average Bonchev–Trinajstić information content (AvgIpc) is 2.15. The van der Waals surface area contributed by atoms with E-state index >= 15 is 0 Å². The number of phenols is 1. The smallest absolute Gasteiger partial charge is 0.416 e. The molecule has 1 aromatic carbocycles. The fourth-order valence-corrected chi connectivity index (χ4v) is 1.34. The van der Waals surface area contributed by atoms with Gasteiger partial charge in [0.1, 0.15) is 11.1 Å². The summed E-state index contributed by atoms with van der Waals surface area (Å²) in [5.74, 6) is -1.08. The zero-order chi connectivity index (χ0) is 12.5. The van der Waals surface area contributed by atoms with Crippen LogP contribution in [0.3, 0.4) is 0 Å². The lowest BCUT2D eigenvalue weighted by Gasteiger charge is -2.11. The second-order valence-corrected chi connectivity index (χ2v) is 3.68. The van der Waals surface area contributed by atoms with Gasteiger partial charge < -0.3 is 5.11 Å². The molecule has 0 aliphatic carbocycles. The second-order valence-electron chi connectivity index (χ2n) is 3.24. The molecule has 2 nitrogen and oxygen atoms in total. The molecule has 0 spiro atoms. The van der Waals surface area contributed by atoms with Crippen molar-refractivity contribution in [1.82, 2.24) is 0 Å². The van der Waals surface area contributed by atoms with Crippen LogP contribution in [0.2, 0.25) is 0 Å². The zero-order valence-electron chi connectivity index (χ0n) is 8.18. The highest BCUT2D eigenvalue weighted by molar-refractivity contribution is 6.31. The Morgan fingerprint density at radius 3 is 2.38 bits per heavy atom. The molecule has 0 aromatic heterocycles. The van der Waals surface area contributed by atoms with Crippen LogP contribution in [0.4, 0.5) is 13.2 Å². The number of hydrogen-bond donors (Lipinski definition) is 1. The molecule has 0 heterocycles. The molecule has 1 rings (SSSR count). The maximum Gasteiger partial charge on any atom is 0.416 e. The van der Waals surface area contributed by atoms with Crippen molar-refractivity contribution in [2.24, 2.45) is 0 Å². The minimum Gasteiger partial charge on any atom is -0.508 e. The number of Topliss-reactive ketones (excluding diaryl/α,β-unsaturated/α-hetero) is 1. The van der Waals surface area contributed by atoms with Gasteiger partial charge in [0.15, 0.2) is 5.78 Å². The molecular formula is C10H8ClF3O2. The molecule has 1 atom stereocenters. The van der Waals surface area contributed by atoms with E-state index in [-0.39, 0.29) is 5.56 Å². The maximum atomic E-state index is 12.2. The molecule has 0 radical (unpaired) electrons. The first-order valence-electron chi connectivity index (χ1n) is 4.28. The van der Waals surface area contributed by atoms with Crippen LogP contribution in [0, 0.1) is 0 Å². The van der Waals surface area contributed by atoms with Crippen LogP contribution in [-0.4, -0.2) is 10.9 Å². The number of aromatic hydroxyl groups is 1. The van der Waals surface area contributed by atoms with E-state index in [0.29, 0.717) is 6.07 Å². The van der Waals surface area contributed by atoms with Gasteiger partial charge in [0.05, 0.1) is 5.56 Å². The third-order valence-corrected chi connectivity index (χ3v) is 2.53. The van der Waals surface area contributed by atoms with E-state index in [2.05, 4.69) is 0 Å². The SMILES string of the molecule is CC(=O)C(Cl)c1ccc(C(F)(F)F)cc1O. The molecule has 0 aliphatic heterocycles. The van der Waals surface area contributed by atoms with Crippen molar-refractivity contribution in [3.8, 4) is 5.75 Å². The topological polar surface area (TPSA) is 37.3 Å². The highest BCUT2D eigenvalue weighted by Gasteiger charge is 2.31. The first-order valence-corrected chi connectivity index (χ1v) is 4.71. The van der Waals surface area contributed by atoms with Crippen molar-refractivity contribution in [3.05, 3.63) is 29.3 Å². The number of rotatable bonds is 2. The van der Waals surface area contributed by atoms with Gasteiger partial charge in [-0.15, -0.1) is 11.6 Å². The van der Waals surface area contributed by atoms with Gasteiger partial charge in [-0.05, 0) is 19.1 Å². The Morgan fingerprint density at radius 2 is 2.00 bits per heavy atom. The van der Waals surface area contributed by atoms with Crippen LogP contribution in [0.15, 0.2) is 18.2 Å². The molecular weight excluding hydrogens is 245 g/mol. The fourth-order valence-electron chi connectivity index (χ4n) is 1.15. The van der Waals surface area contributed by atoms with E-state index in [9.17, 15) is 23.1 Å². The molecule has 0 saturated heterocycles. The molecule has 0 amide bonds. The first-order chi connectivity index (χ1) is 7.23. The lowest BCUT2D eigenvalue weighted by Crippen LogP contribution is -2.07. The van der Waals surface area contributed by atoms with E-state index in [1.54, 1.807) is 0 Å². The lowest BCUT2D eigenvalue weighted by molar-refractivity contribution is -0.137. The van der Waals surface area contributed by atoms with E-state index in [0.717, 1.165) is 12.1 Å². The maximum absolute atomic E-state index is 12.2. The van der Waals surface area contributed by atoms with Gasteiger partial charge in [-0.25, -0.2) is 0 Å². The number of benzene rings is 1. The van der Waals surface area contributed by atoms with Crippen LogP contribution >= 0.6 is 11.6 Å². The van der Waals surface area contributed by atoms with Gasteiger partial charge in [0.25, 0.3) is 0 Å². The van der Waals surface area contributed by atoms with Crippen LogP contribution < -0.4 is 0 Å². The summed E-state index contributed by atoms with van der Waals surface area (Å²) in [6.07, 6.45) is -4.53. The summed E-state index contributed by atoms with van der Waals surface area (Å²) in [6.45, 7) is 1.19. The standard InChI is InChI=1S/C10H8ClF3O2/c1-5(15)9(11)7-3-2-6(4-8(7)16)10(12,13)14/h2-4,9,16H,1H3. The van der Waals surface area contributed by atoms with Crippen molar-refractivity contribution >= 4 is 17.4 Å². The predicted octanol–water partition coefficient (Wildman–Crippen LogP) is 3.28. The summed E-state index contributed by atoms with van der Waals surface area (Å²) in [4.78, 5) is 10.9. The van der Waals surface area contributed by atoms with Crippen LogP contribution in [0.5, 0.6) is 5.75 Å². The third kappa shape index (κ3) is 2.66. The molecule has 0 fully saturated rings. The van der Waals surface area contributed by atoms with Gasteiger partial charge in [-0.2, -0.15) is 13.2 Å². The van der Waals surface area contributed by atoms with Gasteiger partial charge >= 0.3 is 6.18 Å². The molecule has 6 heteroatoms. The van der Waals surface area contributed by atoms with E-state index in [1.165, 1.54) is 6.92 Å². The number of halogens is 4. The number of carbonyl (C=O) groups is 1. The number of phenolic OH excluding ortho intramolecular Hbond substituents is 1. The van der Waals surface area contributed by atoms with Gasteiger partial charge in [-0.1, -0.05) is 6.07 Å². The average molecular weight is 253 g/mol. The Kier molecular flexibility index (Phi) is 3.48. The molecule has 0 saturated carbocycles. The summed E-state index contributed by atoms with van der Waals surface area (Å²) in [5.41, 5.74) is -1.01. The molecule has 0 aliphatic rings. The molecule has 1 aromatic rings. The molecule has 1 unspecified atom stereocenters. The van der Waals surface area contributed by atoms with Crippen molar-refractivity contribution in [1.29, 1.82) is 0 Å². The Labute approximate surface area is 94.6 Å². The Hall–Kier alpha value is -1.23. The highest BCUT2D eigenvalue weighted by Crippen LogP contribution is 2.36. The number of alkyl halides is 4. The number of hydrogen-bond acceptors (Lipinski definition) is 2. The predicted molar refractivity (Wildman–Crippen MR) is 52.4 cm³/mol. The minimum absolute atomic E-state index is 0.0258. The van der Waals surface area contributed by atoms with E-state index in [4.69, 9.17) is 11.6 Å². The largest absolute Gasteiger partial charge is 0.508 e. The quantitative estimate of drug-likeness (QED) is 0.820. The second kappa shape index (κ2) is 4.33. The monoisotopic (exact) mass is 252 g/mol. The molecule has 88 valence electrons. The summed E-state index contributed by atoms with van der Waals surface area (Å²) >= 11 is 5.62. The molecule has 16 heavy (non-hydrogen) atoms. The van der Waals surface area contributed by atoms with Crippen LogP contribution in [-0.2, 0) is 11.0 Å². The van der Waals surface area contributed by atoms with E-state index < -0.39 is 28.6 Å². The van der Waals surface area contributed by atoms with Crippen LogP contribution in [0.1, 0.15) is 23.4 Å². The summed E-state index contributed by atoms with van der Waals surface area (Å²) < 4.78 is 36.7. The van der Waals surface area contributed by atoms with Crippen LogP contribution in [0.25, 0.3) is 0 Å². The summed E-state index contributed by atoms with van der Waals surface area (Å²) in [5, 5.41) is 8.20. The summed E-state index contributed by atoms with van der Waals surface area (Å²) in [6, 6.07) is 2.32. The zero-order valence-corrected chi connectivity index (χ0v) is 8.93. The van der Waals surface area contributed by atoms with Crippen molar-refractivity contribution < 1.29 is 23.1 Å². The van der Waals surface area contributed by atoms with Gasteiger partial charge in [0.2, 0.25) is 0 Å². The Balaban J connectivity index is 3.15. The normalized spacial score (nSPS) is 13.6. The minimum atomic E-state index is -4.53. The highest BCUT2D eigenvalue weighted by atomic mass is 35.5. The number of ketones is 1. The first kappa shape index (κ1) is 12.8. The van der Waals surface area contributed by atoms with Crippen molar-refractivity contribution in [3.63, 3.8) is 0 Å². The Morgan fingerprint density at radius 1 is 1.44 bits per heavy atom. The third-order valence-electron chi connectivity index (χ3n) is 1.99. The van der Waals surface area contributed by atoms with Crippen molar-refractivity contribution in [2.75, 3.05) is 0 Å². The molecule has 1 N–H and O–H groups in total. The molecule has 0 bridgehead atoms. The summed E-state index contributed by atoms with van der Waals surface area (Å²) in [7, 11) is 0. The Bertz CT molecular complexity index is 415. The lowest BCUT2D eigenvalue weighted by atomic mass is 10.1. The van der Waals surface area contributed by atoms with Gasteiger partial charge in [-0.3, -0.25) is 4.79 Å². The fraction of sp³-hybridized carbons (Fsp3) is 0.300.